The third-order valence-electron chi connectivity index (χ3n) is 2.78. The second-order valence-electron chi connectivity index (χ2n) is 4.53. The number of aliphatic imine (C=N–C) groups is 1. The highest BCUT2D eigenvalue weighted by molar-refractivity contribution is 14.0. The van der Waals surface area contributed by atoms with Crippen LogP contribution < -0.4 is 15.8 Å². The molecule has 0 radical (unpaired) electrons. The topological polar surface area (TPSA) is 59.6 Å². The van der Waals surface area contributed by atoms with Gasteiger partial charge in [0.2, 0.25) is 0 Å². The van der Waals surface area contributed by atoms with Gasteiger partial charge in [0.25, 0.3) is 0 Å². The molecule has 0 bridgehead atoms. The number of benzene rings is 1. The van der Waals surface area contributed by atoms with Gasteiger partial charge >= 0.3 is 0 Å². The predicted octanol–water partition coefficient (Wildman–Crippen LogP) is 3.22. The molecule has 0 heterocycles. The summed E-state index contributed by atoms with van der Waals surface area (Å²) in [6, 6.07) is 6.15. The molecule has 0 fully saturated rings. The van der Waals surface area contributed by atoms with Gasteiger partial charge in [-0.25, -0.2) is 4.99 Å². The van der Waals surface area contributed by atoms with E-state index in [1.807, 2.05) is 19.1 Å². The predicted molar refractivity (Wildman–Crippen MR) is 96.0 cm³/mol. The van der Waals surface area contributed by atoms with Crippen LogP contribution in [0.2, 0.25) is 0 Å². The Hall–Kier alpha value is -0.980. The molecule has 0 aliphatic heterocycles. The van der Waals surface area contributed by atoms with Gasteiger partial charge in [-0.2, -0.15) is 0 Å². The van der Waals surface area contributed by atoms with E-state index in [-0.39, 0.29) is 24.0 Å². The van der Waals surface area contributed by atoms with Crippen molar-refractivity contribution in [1.82, 2.24) is 5.32 Å². The van der Waals surface area contributed by atoms with Crippen molar-refractivity contribution in [3.63, 3.8) is 0 Å². The Bertz CT molecular complexity index is 422. The molecular formula is C15H26IN3O. The molecule has 0 atom stereocenters. The third-order valence-corrected chi connectivity index (χ3v) is 2.78. The SMILES string of the molecule is CCCCNC(N)=NCc1ccc(C)cc1OCC.I. The van der Waals surface area contributed by atoms with Gasteiger partial charge in [-0.3, -0.25) is 0 Å². The van der Waals surface area contributed by atoms with E-state index in [1.165, 1.54) is 5.56 Å². The summed E-state index contributed by atoms with van der Waals surface area (Å²) in [6.07, 6.45) is 2.25. The number of nitrogens with zero attached hydrogens (tertiary/aromatic N) is 1. The number of halogens is 1. The fourth-order valence-electron chi connectivity index (χ4n) is 1.70. The molecule has 0 aromatic heterocycles. The van der Waals surface area contributed by atoms with Crippen molar-refractivity contribution in [3.8, 4) is 5.75 Å². The van der Waals surface area contributed by atoms with Gasteiger partial charge in [0.15, 0.2) is 5.96 Å². The van der Waals surface area contributed by atoms with Gasteiger partial charge in [-0.1, -0.05) is 25.5 Å². The lowest BCUT2D eigenvalue weighted by atomic mass is 10.1. The lowest BCUT2D eigenvalue weighted by molar-refractivity contribution is 0.336. The van der Waals surface area contributed by atoms with E-state index in [4.69, 9.17) is 10.5 Å². The van der Waals surface area contributed by atoms with Crippen LogP contribution >= 0.6 is 24.0 Å². The summed E-state index contributed by atoms with van der Waals surface area (Å²) in [5.74, 6) is 1.39. The van der Waals surface area contributed by atoms with Crippen LogP contribution in [-0.2, 0) is 6.54 Å². The first-order chi connectivity index (χ1) is 9.17. The van der Waals surface area contributed by atoms with Crippen molar-refractivity contribution in [2.75, 3.05) is 13.2 Å². The van der Waals surface area contributed by atoms with Crippen LogP contribution in [0.3, 0.4) is 0 Å². The molecule has 3 N–H and O–H groups in total. The summed E-state index contributed by atoms with van der Waals surface area (Å²) >= 11 is 0. The van der Waals surface area contributed by atoms with Crippen LogP contribution in [0.4, 0.5) is 0 Å². The number of aryl methyl sites for hydroxylation is 1. The molecule has 0 saturated heterocycles. The number of hydrogen-bond acceptors (Lipinski definition) is 2. The van der Waals surface area contributed by atoms with Crippen LogP contribution in [0.15, 0.2) is 23.2 Å². The molecule has 5 heteroatoms. The van der Waals surface area contributed by atoms with Gasteiger partial charge < -0.3 is 15.8 Å². The van der Waals surface area contributed by atoms with Crippen LogP contribution in [0.1, 0.15) is 37.8 Å². The normalized spacial score (nSPS) is 10.8. The zero-order valence-corrected chi connectivity index (χ0v) is 14.9. The molecule has 0 aliphatic rings. The minimum absolute atomic E-state index is 0. The standard InChI is InChI=1S/C15H25N3O.HI/c1-4-6-9-17-15(16)18-11-13-8-7-12(3)10-14(13)19-5-2;/h7-8,10H,4-6,9,11H2,1-3H3,(H3,16,17,18);1H. The zero-order chi connectivity index (χ0) is 14.1. The number of nitrogens with one attached hydrogen (secondary N) is 1. The highest BCUT2D eigenvalue weighted by Crippen LogP contribution is 2.21. The molecular weight excluding hydrogens is 365 g/mol. The van der Waals surface area contributed by atoms with Crippen molar-refractivity contribution in [1.29, 1.82) is 0 Å². The fourth-order valence-corrected chi connectivity index (χ4v) is 1.70. The molecule has 0 amide bonds. The van der Waals surface area contributed by atoms with Crippen molar-refractivity contribution in [2.45, 2.75) is 40.2 Å². The molecule has 0 unspecified atom stereocenters. The van der Waals surface area contributed by atoms with Gasteiger partial charge in [0.1, 0.15) is 5.75 Å². The molecule has 1 aromatic carbocycles. The Morgan fingerprint density at radius 3 is 2.75 bits per heavy atom. The quantitative estimate of drug-likeness (QED) is 0.325. The second-order valence-corrected chi connectivity index (χ2v) is 4.53. The zero-order valence-electron chi connectivity index (χ0n) is 12.6. The van der Waals surface area contributed by atoms with Crippen LogP contribution in [0.5, 0.6) is 5.75 Å². The number of nitrogens with two attached hydrogens (primary N) is 1. The summed E-state index contributed by atoms with van der Waals surface area (Å²) in [6.45, 7) is 8.25. The van der Waals surface area contributed by atoms with E-state index in [0.717, 1.165) is 30.7 Å². The minimum atomic E-state index is 0. The molecule has 1 aromatic rings. The van der Waals surface area contributed by atoms with E-state index in [0.29, 0.717) is 19.1 Å². The first-order valence-electron chi connectivity index (χ1n) is 6.93. The Morgan fingerprint density at radius 2 is 2.10 bits per heavy atom. The largest absolute Gasteiger partial charge is 0.494 e. The van der Waals surface area contributed by atoms with Gasteiger partial charge in [0, 0.05) is 12.1 Å². The lowest BCUT2D eigenvalue weighted by Crippen LogP contribution is -2.32. The summed E-state index contributed by atoms with van der Waals surface area (Å²) in [5.41, 5.74) is 8.06. The molecule has 1 rings (SSSR count). The minimum Gasteiger partial charge on any atom is -0.494 e. The van der Waals surface area contributed by atoms with Crippen molar-refractivity contribution >= 4 is 29.9 Å². The monoisotopic (exact) mass is 391 g/mol. The van der Waals surface area contributed by atoms with E-state index in [2.05, 4.69) is 30.2 Å². The smallest absolute Gasteiger partial charge is 0.188 e. The number of guanidine groups is 1. The maximum absolute atomic E-state index is 5.81. The van der Waals surface area contributed by atoms with Gasteiger partial charge in [-0.05, 0) is 31.9 Å². The van der Waals surface area contributed by atoms with E-state index in [9.17, 15) is 0 Å². The average molecular weight is 391 g/mol. The molecule has 114 valence electrons. The van der Waals surface area contributed by atoms with Crippen molar-refractivity contribution < 1.29 is 4.74 Å². The summed E-state index contributed by atoms with van der Waals surface area (Å²) < 4.78 is 5.62. The maximum Gasteiger partial charge on any atom is 0.188 e. The summed E-state index contributed by atoms with van der Waals surface area (Å²) in [5, 5.41) is 3.10. The third kappa shape index (κ3) is 6.98. The molecule has 0 spiro atoms. The number of ether oxygens (including phenoxy) is 1. The van der Waals surface area contributed by atoms with Crippen LogP contribution in [0, 0.1) is 6.92 Å². The first kappa shape index (κ1) is 19.0. The maximum atomic E-state index is 5.81. The highest BCUT2D eigenvalue weighted by Gasteiger charge is 2.03. The fraction of sp³-hybridized carbons (Fsp3) is 0.533. The molecule has 20 heavy (non-hydrogen) atoms. The van der Waals surface area contributed by atoms with Crippen molar-refractivity contribution in [3.05, 3.63) is 29.3 Å². The van der Waals surface area contributed by atoms with E-state index in [1.54, 1.807) is 0 Å². The highest BCUT2D eigenvalue weighted by atomic mass is 127. The Balaban J connectivity index is 0.00000361. The van der Waals surface area contributed by atoms with Crippen molar-refractivity contribution in [2.24, 2.45) is 10.7 Å². The van der Waals surface area contributed by atoms with Crippen LogP contribution in [-0.4, -0.2) is 19.1 Å². The lowest BCUT2D eigenvalue weighted by Gasteiger charge is -2.10. The molecule has 4 nitrogen and oxygen atoms in total. The Labute approximate surface area is 139 Å². The number of hydrogen-bond donors (Lipinski definition) is 2. The summed E-state index contributed by atoms with van der Waals surface area (Å²) in [7, 11) is 0. The van der Waals surface area contributed by atoms with Gasteiger partial charge in [0.05, 0.1) is 13.2 Å². The number of unbranched alkanes of at least 4 members (excludes halogenated alkanes) is 1. The molecule has 0 saturated carbocycles. The van der Waals surface area contributed by atoms with E-state index >= 15 is 0 Å². The second kappa shape index (κ2) is 10.8. The first-order valence-corrected chi connectivity index (χ1v) is 6.93. The molecule has 0 aliphatic carbocycles. The number of rotatable bonds is 7. The Kier molecular flexibility index (Phi) is 10.2. The van der Waals surface area contributed by atoms with Crippen LogP contribution in [0.25, 0.3) is 0 Å². The van der Waals surface area contributed by atoms with E-state index < -0.39 is 0 Å². The van der Waals surface area contributed by atoms with Gasteiger partial charge in [-0.15, -0.1) is 24.0 Å². The Morgan fingerprint density at radius 1 is 1.35 bits per heavy atom. The summed E-state index contributed by atoms with van der Waals surface area (Å²) in [4.78, 5) is 4.34. The average Bonchev–Trinajstić information content (AvgIpc) is 2.38.